The first-order chi connectivity index (χ1) is 8.66. The van der Waals surface area contributed by atoms with Crippen LogP contribution in [0.3, 0.4) is 0 Å². The van der Waals surface area contributed by atoms with E-state index in [1.807, 2.05) is 0 Å². The number of rotatable bonds is 7. The standard InChI is InChI=1S/C13H18N2O3/c1-2-3-4-5-7-15-12(16)10-6-8-14-9-11(10)13(17)18/h6,8-9H,2-5,7H2,1H3,(H,15,16)(H,17,18). The second-order valence-electron chi connectivity index (χ2n) is 4.04. The lowest BCUT2D eigenvalue weighted by Crippen LogP contribution is -2.26. The van der Waals surface area contributed by atoms with Gasteiger partial charge in [-0.15, -0.1) is 0 Å². The average molecular weight is 250 g/mol. The van der Waals surface area contributed by atoms with E-state index >= 15 is 0 Å². The van der Waals surface area contributed by atoms with Crippen LogP contribution in [0.5, 0.6) is 0 Å². The summed E-state index contributed by atoms with van der Waals surface area (Å²) in [6.07, 6.45) is 6.87. The molecule has 5 heteroatoms. The highest BCUT2D eigenvalue weighted by Gasteiger charge is 2.15. The molecule has 98 valence electrons. The Morgan fingerprint density at radius 3 is 2.72 bits per heavy atom. The van der Waals surface area contributed by atoms with Gasteiger partial charge in [-0.25, -0.2) is 4.79 Å². The van der Waals surface area contributed by atoms with Crippen LogP contribution in [0.2, 0.25) is 0 Å². The number of hydrogen-bond donors (Lipinski definition) is 2. The number of hydrogen-bond acceptors (Lipinski definition) is 3. The lowest BCUT2D eigenvalue weighted by Gasteiger charge is -2.07. The Kier molecular flexibility index (Phi) is 5.84. The van der Waals surface area contributed by atoms with Gasteiger partial charge in [-0.1, -0.05) is 26.2 Å². The molecule has 0 radical (unpaired) electrons. The van der Waals surface area contributed by atoms with Crippen molar-refractivity contribution in [3.05, 3.63) is 29.6 Å². The SMILES string of the molecule is CCCCCCNC(=O)c1ccncc1C(=O)O. The van der Waals surface area contributed by atoms with Crippen LogP contribution in [-0.2, 0) is 0 Å². The van der Waals surface area contributed by atoms with Crippen LogP contribution >= 0.6 is 0 Å². The Labute approximate surface area is 106 Å². The summed E-state index contributed by atoms with van der Waals surface area (Å²) in [5.41, 5.74) is 0.0940. The molecule has 1 amide bonds. The summed E-state index contributed by atoms with van der Waals surface area (Å²) in [4.78, 5) is 26.4. The first kappa shape index (κ1) is 14.2. The largest absolute Gasteiger partial charge is 0.478 e. The van der Waals surface area contributed by atoms with E-state index in [2.05, 4.69) is 17.2 Å². The van der Waals surface area contributed by atoms with Gasteiger partial charge in [-0.2, -0.15) is 0 Å². The molecule has 5 nitrogen and oxygen atoms in total. The van der Waals surface area contributed by atoms with E-state index in [1.165, 1.54) is 18.5 Å². The van der Waals surface area contributed by atoms with Gasteiger partial charge >= 0.3 is 5.97 Å². The smallest absolute Gasteiger partial charge is 0.338 e. The number of amides is 1. The van der Waals surface area contributed by atoms with Crippen molar-refractivity contribution in [2.45, 2.75) is 32.6 Å². The van der Waals surface area contributed by atoms with E-state index in [-0.39, 0.29) is 17.0 Å². The van der Waals surface area contributed by atoms with Gasteiger partial charge in [0.2, 0.25) is 0 Å². The molecule has 1 rings (SSSR count). The van der Waals surface area contributed by atoms with E-state index in [1.54, 1.807) is 0 Å². The van der Waals surface area contributed by atoms with Gasteiger partial charge in [0.15, 0.2) is 0 Å². The Morgan fingerprint density at radius 1 is 1.28 bits per heavy atom. The van der Waals surface area contributed by atoms with Crippen molar-refractivity contribution in [1.82, 2.24) is 10.3 Å². The third kappa shape index (κ3) is 4.16. The zero-order valence-corrected chi connectivity index (χ0v) is 10.5. The molecule has 0 fully saturated rings. The maximum absolute atomic E-state index is 11.8. The topological polar surface area (TPSA) is 79.3 Å². The highest BCUT2D eigenvalue weighted by atomic mass is 16.4. The molecule has 1 heterocycles. The van der Waals surface area contributed by atoms with Crippen molar-refractivity contribution in [3.8, 4) is 0 Å². The fraction of sp³-hybridized carbons (Fsp3) is 0.462. The van der Waals surface area contributed by atoms with Gasteiger partial charge in [0.25, 0.3) is 5.91 Å². The molecule has 0 bridgehead atoms. The molecule has 0 saturated heterocycles. The van der Waals surface area contributed by atoms with Crippen LogP contribution in [0.15, 0.2) is 18.5 Å². The van der Waals surface area contributed by atoms with Crippen LogP contribution in [-0.4, -0.2) is 28.5 Å². The van der Waals surface area contributed by atoms with E-state index < -0.39 is 5.97 Å². The van der Waals surface area contributed by atoms with Gasteiger partial charge in [0, 0.05) is 18.9 Å². The number of unbranched alkanes of at least 4 members (excludes halogenated alkanes) is 3. The summed E-state index contributed by atoms with van der Waals surface area (Å²) >= 11 is 0. The molecule has 1 aromatic rings. The van der Waals surface area contributed by atoms with Crippen molar-refractivity contribution in [1.29, 1.82) is 0 Å². The lowest BCUT2D eigenvalue weighted by molar-refractivity contribution is 0.0690. The predicted octanol–water partition coefficient (Wildman–Crippen LogP) is 2.09. The summed E-state index contributed by atoms with van der Waals surface area (Å²) in [7, 11) is 0. The van der Waals surface area contributed by atoms with Crippen molar-refractivity contribution >= 4 is 11.9 Å². The zero-order chi connectivity index (χ0) is 13.4. The molecule has 0 saturated carbocycles. The molecule has 0 atom stereocenters. The molecule has 2 N–H and O–H groups in total. The van der Waals surface area contributed by atoms with Crippen molar-refractivity contribution in [3.63, 3.8) is 0 Å². The highest BCUT2D eigenvalue weighted by molar-refractivity contribution is 6.04. The van der Waals surface area contributed by atoms with Gasteiger partial charge < -0.3 is 10.4 Å². The first-order valence-electron chi connectivity index (χ1n) is 6.12. The van der Waals surface area contributed by atoms with E-state index in [0.29, 0.717) is 6.54 Å². The Balaban J connectivity index is 2.54. The van der Waals surface area contributed by atoms with Gasteiger partial charge in [-0.05, 0) is 12.5 Å². The second kappa shape index (κ2) is 7.42. The number of carboxylic acid groups (broad SMARTS) is 1. The number of carboxylic acids is 1. The molecule has 0 aliphatic rings. The summed E-state index contributed by atoms with van der Waals surface area (Å²) in [6, 6.07) is 1.42. The number of carbonyl (C=O) groups is 2. The van der Waals surface area contributed by atoms with Crippen molar-refractivity contribution < 1.29 is 14.7 Å². The summed E-state index contributed by atoms with van der Waals surface area (Å²) in [5.74, 6) is -1.49. The normalized spacial score (nSPS) is 10.1. The van der Waals surface area contributed by atoms with Crippen molar-refractivity contribution in [2.75, 3.05) is 6.54 Å². The summed E-state index contributed by atoms with van der Waals surface area (Å²) in [5, 5.41) is 11.7. The van der Waals surface area contributed by atoms with Crippen LogP contribution in [0.4, 0.5) is 0 Å². The lowest BCUT2D eigenvalue weighted by atomic mass is 10.1. The quantitative estimate of drug-likeness (QED) is 0.726. The maximum Gasteiger partial charge on any atom is 0.338 e. The maximum atomic E-state index is 11.8. The minimum Gasteiger partial charge on any atom is -0.478 e. The minimum absolute atomic E-state index is 0.0661. The number of nitrogens with zero attached hydrogens (tertiary/aromatic N) is 1. The van der Waals surface area contributed by atoms with Gasteiger partial charge in [-0.3, -0.25) is 9.78 Å². The summed E-state index contributed by atoms with van der Waals surface area (Å²) < 4.78 is 0. The molecular weight excluding hydrogens is 232 g/mol. The van der Waals surface area contributed by atoms with Crippen molar-refractivity contribution in [2.24, 2.45) is 0 Å². The fourth-order valence-electron chi connectivity index (χ4n) is 1.61. The third-order valence-electron chi connectivity index (χ3n) is 2.61. The second-order valence-corrected chi connectivity index (χ2v) is 4.04. The van der Waals surface area contributed by atoms with Gasteiger partial charge in [0.05, 0.1) is 11.1 Å². The first-order valence-corrected chi connectivity index (χ1v) is 6.12. The monoisotopic (exact) mass is 250 g/mol. The molecule has 0 unspecified atom stereocenters. The molecule has 0 aromatic carbocycles. The molecule has 18 heavy (non-hydrogen) atoms. The third-order valence-corrected chi connectivity index (χ3v) is 2.61. The zero-order valence-electron chi connectivity index (χ0n) is 10.5. The van der Waals surface area contributed by atoms with Gasteiger partial charge in [0.1, 0.15) is 0 Å². The van der Waals surface area contributed by atoms with Crippen LogP contribution in [0, 0.1) is 0 Å². The highest BCUT2D eigenvalue weighted by Crippen LogP contribution is 2.07. The average Bonchev–Trinajstić information content (AvgIpc) is 2.38. The van der Waals surface area contributed by atoms with Crippen LogP contribution in [0.1, 0.15) is 53.3 Å². The fourth-order valence-corrected chi connectivity index (χ4v) is 1.61. The number of aromatic carboxylic acids is 1. The molecule has 0 spiro atoms. The predicted molar refractivity (Wildman–Crippen MR) is 67.7 cm³/mol. The Morgan fingerprint density at radius 2 is 2.06 bits per heavy atom. The number of pyridine rings is 1. The molecule has 1 aromatic heterocycles. The summed E-state index contributed by atoms with van der Waals surface area (Å²) in [6.45, 7) is 2.69. The van der Waals surface area contributed by atoms with Crippen LogP contribution < -0.4 is 5.32 Å². The molecule has 0 aliphatic carbocycles. The number of aromatic nitrogens is 1. The Hall–Kier alpha value is -1.91. The van der Waals surface area contributed by atoms with Crippen LogP contribution in [0.25, 0.3) is 0 Å². The minimum atomic E-state index is -1.14. The molecular formula is C13H18N2O3. The van der Waals surface area contributed by atoms with E-state index in [9.17, 15) is 9.59 Å². The molecule has 0 aliphatic heterocycles. The number of carbonyl (C=O) groups excluding carboxylic acids is 1. The van der Waals surface area contributed by atoms with E-state index in [0.717, 1.165) is 25.7 Å². The number of nitrogens with one attached hydrogen (secondary N) is 1. The Bertz CT molecular complexity index is 418. The van der Waals surface area contributed by atoms with E-state index in [4.69, 9.17) is 5.11 Å².